The van der Waals surface area contributed by atoms with Crippen molar-refractivity contribution in [1.82, 2.24) is 19.9 Å². The topological polar surface area (TPSA) is 83.1 Å². The quantitative estimate of drug-likeness (QED) is 0.572. The van der Waals surface area contributed by atoms with Crippen LogP contribution in [0.2, 0.25) is 0 Å². The molecule has 0 radical (unpaired) electrons. The molecule has 0 spiro atoms. The Balaban J connectivity index is 1.26. The van der Waals surface area contributed by atoms with Gasteiger partial charge in [-0.3, -0.25) is 4.90 Å². The predicted molar refractivity (Wildman–Crippen MR) is 114 cm³/mol. The average Bonchev–Trinajstić information content (AvgIpc) is 2.74. The van der Waals surface area contributed by atoms with Crippen LogP contribution in [0.25, 0.3) is 10.9 Å². The van der Waals surface area contributed by atoms with Gasteiger partial charge in [0.25, 0.3) is 0 Å². The van der Waals surface area contributed by atoms with Gasteiger partial charge in [-0.25, -0.2) is 9.78 Å². The molecule has 0 atom stereocenters. The molecule has 0 bridgehead atoms. The molecule has 2 aromatic heterocycles. The van der Waals surface area contributed by atoms with Crippen LogP contribution in [-0.4, -0.2) is 46.1 Å². The molecule has 1 aliphatic heterocycles. The lowest BCUT2D eigenvalue weighted by molar-refractivity contribution is 0.220. The van der Waals surface area contributed by atoms with Crippen molar-refractivity contribution in [2.75, 3.05) is 31.6 Å². The van der Waals surface area contributed by atoms with Crippen molar-refractivity contribution in [3.8, 4) is 5.88 Å². The number of hydrogen-bond donors (Lipinski definition) is 2. The third-order valence-electron chi connectivity index (χ3n) is 5.15. The van der Waals surface area contributed by atoms with Gasteiger partial charge in [-0.2, -0.15) is 4.98 Å². The van der Waals surface area contributed by atoms with Crippen molar-refractivity contribution in [1.29, 1.82) is 0 Å². The van der Waals surface area contributed by atoms with Crippen molar-refractivity contribution < 1.29 is 4.74 Å². The largest absolute Gasteiger partial charge is 0.478 e. The number of fused-ring (bicyclic) bond motifs is 1. The van der Waals surface area contributed by atoms with E-state index < -0.39 is 0 Å². The van der Waals surface area contributed by atoms with Gasteiger partial charge in [0.1, 0.15) is 5.82 Å². The molecule has 0 amide bonds. The predicted octanol–water partition coefficient (Wildman–Crippen LogP) is 3.19. The number of rotatable bonds is 8. The monoisotopic (exact) mass is 393 g/mol. The maximum atomic E-state index is 11.7. The number of H-pyrrole nitrogens is 1. The van der Waals surface area contributed by atoms with E-state index in [-0.39, 0.29) is 5.69 Å². The summed E-state index contributed by atoms with van der Waals surface area (Å²) in [5.74, 6) is 1.27. The Morgan fingerprint density at radius 2 is 2.00 bits per heavy atom. The summed E-state index contributed by atoms with van der Waals surface area (Å²) < 4.78 is 5.83. The molecule has 4 rings (SSSR count). The van der Waals surface area contributed by atoms with E-state index in [0.717, 1.165) is 23.9 Å². The van der Waals surface area contributed by atoms with Crippen LogP contribution < -0.4 is 15.7 Å². The maximum absolute atomic E-state index is 11.7. The first-order chi connectivity index (χ1) is 14.3. The normalized spacial score (nSPS) is 14.8. The summed E-state index contributed by atoms with van der Waals surface area (Å²) >= 11 is 0. The maximum Gasteiger partial charge on any atom is 0.347 e. The molecule has 2 N–H and O–H groups in total. The van der Waals surface area contributed by atoms with Gasteiger partial charge in [-0.15, -0.1) is 0 Å². The van der Waals surface area contributed by atoms with E-state index in [4.69, 9.17) is 4.74 Å². The third kappa shape index (κ3) is 5.32. The highest BCUT2D eigenvalue weighted by atomic mass is 16.5. The van der Waals surface area contributed by atoms with Gasteiger partial charge in [-0.05, 0) is 56.1 Å². The summed E-state index contributed by atoms with van der Waals surface area (Å²) in [4.78, 5) is 25.3. The van der Waals surface area contributed by atoms with Crippen LogP contribution in [0.4, 0.5) is 5.82 Å². The molecule has 29 heavy (non-hydrogen) atoms. The zero-order chi connectivity index (χ0) is 19.9. The van der Waals surface area contributed by atoms with E-state index in [1.165, 1.54) is 37.9 Å². The van der Waals surface area contributed by atoms with Crippen molar-refractivity contribution in [3.63, 3.8) is 0 Å². The van der Waals surface area contributed by atoms with Gasteiger partial charge in [-0.1, -0.05) is 18.6 Å². The number of anilines is 1. The van der Waals surface area contributed by atoms with Gasteiger partial charge in [0.2, 0.25) is 5.88 Å². The Hall–Kier alpha value is -2.93. The van der Waals surface area contributed by atoms with Crippen LogP contribution in [0, 0.1) is 0 Å². The fraction of sp³-hybridized carbons (Fsp3) is 0.409. The first kappa shape index (κ1) is 19.4. The van der Waals surface area contributed by atoms with E-state index in [1.54, 1.807) is 0 Å². The minimum Gasteiger partial charge on any atom is -0.478 e. The fourth-order valence-electron chi connectivity index (χ4n) is 3.70. The van der Waals surface area contributed by atoms with Crippen LogP contribution >= 0.6 is 0 Å². The van der Waals surface area contributed by atoms with E-state index in [0.29, 0.717) is 24.8 Å². The minimum atomic E-state index is -0.350. The van der Waals surface area contributed by atoms with Gasteiger partial charge in [0.05, 0.1) is 12.1 Å². The highest BCUT2D eigenvalue weighted by Crippen LogP contribution is 2.17. The second-order valence-corrected chi connectivity index (χ2v) is 7.40. The van der Waals surface area contributed by atoms with E-state index in [1.807, 2.05) is 36.5 Å². The molecule has 0 saturated carbocycles. The standard InChI is InChI=1S/C22H27N5O2/c28-22-25-19-8-3-2-7-18(19)21(26-22)24-10-6-14-29-20-15-17(9-11-23-20)16-27-12-4-1-5-13-27/h2-3,7-9,11,15H,1,4-6,10,12-14,16H2,(H2,24,25,26,28). The molecule has 7 heteroatoms. The number of aromatic amines is 1. The van der Waals surface area contributed by atoms with E-state index >= 15 is 0 Å². The number of benzene rings is 1. The Kier molecular flexibility index (Phi) is 6.36. The van der Waals surface area contributed by atoms with Gasteiger partial charge >= 0.3 is 5.69 Å². The number of piperidine rings is 1. The number of likely N-dealkylation sites (tertiary alicyclic amines) is 1. The van der Waals surface area contributed by atoms with Gasteiger partial charge in [0, 0.05) is 30.7 Å². The molecule has 0 aliphatic carbocycles. The number of ether oxygens (including phenoxy) is 1. The Bertz CT molecular complexity index is 998. The van der Waals surface area contributed by atoms with Crippen LogP contribution in [-0.2, 0) is 6.54 Å². The van der Waals surface area contributed by atoms with Crippen LogP contribution in [0.1, 0.15) is 31.2 Å². The number of pyridine rings is 1. The number of nitrogens with one attached hydrogen (secondary N) is 2. The average molecular weight is 393 g/mol. The van der Waals surface area contributed by atoms with Crippen LogP contribution in [0.3, 0.4) is 0 Å². The highest BCUT2D eigenvalue weighted by molar-refractivity contribution is 5.88. The summed E-state index contributed by atoms with van der Waals surface area (Å²) in [7, 11) is 0. The molecular weight excluding hydrogens is 366 g/mol. The van der Waals surface area contributed by atoms with Crippen LogP contribution in [0.15, 0.2) is 47.4 Å². The summed E-state index contributed by atoms with van der Waals surface area (Å²) in [5, 5.41) is 4.14. The minimum absolute atomic E-state index is 0.350. The lowest BCUT2D eigenvalue weighted by atomic mass is 10.1. The lowest BCUT2D eigenvalue weighted by Gasteiger charge is -2.26. The lowest BCUT2D eigenvalue weighted by Crippen LogP contribution is -2.29. The highest BCUT2D eigenvalue weighted by Gasteiger charge is 2.11. The van der Waals surface area contributed by atoms with Crippen molar-refractivity contribution in [3.05, 3.63) is 58.6 Å². The molecule has 1 saturated heterocycles. The van der Waals surface area contributed by atoms with Crippen molar-refractivity contribution >= 4 is 16.7 Å². The zero-order valence-corrected chi connectivity index (χ0v) is 16.6. The molecule has 3 heterocycles. The number of para-hydroxylation sites is 1. The molecule has 1 fully saturated rings. The summed E-state index contributed by atoms with van der Waals surface area (Å²) in [6, 6.07) is 11.7. The number of hydrogen-bond acceptors (Lipinski definition) is 6. The summed E-state index contributed by atoms with van der Waals surface area (Å²) in [6.45, 7) is 4.52. The van der Waals surface area contributed by atoms with Crippen LogP contribution in [0.5, 0.6) is 5.88 Å². The third-order valence-corrected chi connectivity index (χ3v) is 5.15. The number of nitrogens with zero attached hydrogens (tertiary/aromatic N) is 3. The zero-order valence-electron chi connectivity index (χ0n) is 16.6. The summed E-state index contributed by atoms with van der Waals surface area (Å²) in [5.41, 5.74) is 1.67. The second-order valence-electron chi connectivity index (χ2n) is 7.40. The van der Waals surface area contributed by atoms with E-state index in [9.17, 15) is 4.79 Å². The van der Waals surface area contributed by atoms with Gasteiger partial charge in [0.15, 0.2) is 0 Å². The number of aromatic nitrogens is 3. The smallest absolute Gasteiger partial charge is 0.347 e. The molecule has 0 unspecified atom stereocenters. The van der Waals surface area contributed by atoms with E-state index in [2.05, 4.69) is 31.2 Å². The van der Waals surface area contributed by atoms with Gasteiger partial charge < -0.3 is 15.0 Å². The molecule has 7 nitrogen and oxygen atoms in total. The molecule has 152 valence electrons. The second kappa shape index (κ2) is 9.52. The molecular formula is C22H27N5O2. The van der Waals surface area contributed by atoms with Crippen molar-refractivity contribution in [2.24, 2.45) is 0 Å². The summed E-state index contributed by atoms with van der Waals surface area (Å²) in [6.07, 6.45) is 6.52. The Morgan fingerprint density at radius 3 is 2.90 bits per heavy atom. The Morgan fingerprint density at radius 1 is 1.14 bits per heavy atom. The van der Waals surface area contributed by atoms with Crippen molar-refractivity contribution in [2.45, 2.75) is 32.2 Å². The molecule has 1 aromatic carbocycles. The molecule has 1 aliphatic rings. The first-order valence-electron chi connectivity index (χ1n) is 10.3. The fourth-order valence-corrected chi connectivity index (χ4v) is 3.70. The first-order valence-corrected chi connectivity index (χ1v) is 10.3. The molecule has 3 aromatic rings. The Labute approximate surface area is 170 Å². The SMILES string of the molecule is O=c1nc(NCCCOc2cc(CN3CCCCC3)ccn2)c2ccccc2[nH]1.